The standard InChI is InChI=1S/C21H23BrCl2N2O4/c1-12(2)8-9-29-18-6-4-14(10-16(18)22)21(28)26-25-20(27)13(3)30-19-7-5-15(23)11-17(19)24/h4-7,10-13H,8-9H2,1-3H3,(H,25,27)(H,26,28). The minimum absolute atomic E-state index is 0.284. The smallest absolute Gasteiger partial charge is 0.279 e. The highest BCUT2D eigenvalue weighted by molar-refractivity contribution is 9.10. The van der Waals surface area contributed by atoms with E-state index in [2.05, 4.69) is 40.6 Å². The van der Waals surface area contributed by atoms with Crippen LogP contribution in [0.2, 0.25) is 10.0 Å². The Morgan fingerprint density at radius 1 is 1.03 bits per heavy atom. The highest BCUT2D eigenvalue weighted by Gasteiger charge is 2.18. The van der Waals surface area contributed by atoms with Gasteiger partial charge in [-0.15, -0.1) is 0 Å². The van der Waals surface area contributed by atoms with Gasteiger partial charge in [-0.2, -0.15) is 0 Å². The van der Waals surface area contributed by atoms with E-state index in [1.165, 1.54) is 13.0 Å². The van der Waals surface area contributed by atoms with E-state index >= 15 is 0 Å². The summed E-state index contributed by atoms with van der Waals surface area (Å²) < 4.78 is 11.9. The fourth-order valence-corrected chi connectivity index (χ4v) is 3.22. The Kier molecular flexibility index (Phi) is 9.27. The Bertz CT molecular complexity index is 909. The molecule has 30 heavy (non-hydrogen) atoms. The normalized spacial score (nSPS) is 11.7. The first kappa shape index (κ1) is 24.3. The number of hydrogen-bond donors (Lipinski definition) is 2. The molecule has 0 heterocycles. The van der Waals surface area contributed by atoms with Gasteiger partial charge in [-0.05, 0) is 71.6 Å². The number of carbonyl (C=O) groups excluding carboxylic acids is 2. The van der Waals surface area contributed by atoms with Crippen molar-refractivity contribution in [1.29, 1.82) is 0 Å². The molecule has 0 spiro atoms. The zero-order valence-electron chi connectivity index (χ0n) is 16.8. The van der Waals surface area contributed by atoms with Crippen molar-refractivity contribution in [2.24, 2.45) is 5.92 Å². The number of benzene rings is 2. The zero-order chi connectivity index (χ0) is 22.3. The summed E-state index contributed by atoms with van der Waals surface area (Å²) >= 11 is 15.3. The molecule has 2 N–H and O–H groups in total. The van der Waals surface area contributed by atoms with Crippen LogP contribution < -0.4 is 20.3 Å². The van der Waals surface area contributed by atoms with Crippen LogP contribution in [0.3, 0.4) is 0 Å². The van der Waals surface area contributed by atoms with Crippen LogP contribution in [0.5, 0.6) is 11.5 Å². The van der Waals surface area contributed by atoms with Crippen molar-refractivity contribution >= 4 is 50.9 Å². The number of carbonyl (C=O) groups is 2. The van der Waals surface area contributed by atoms with Crippen LogP contribution in [0.1, 0.15) is 37.6 Å². The summed E-state index contributed by atoms with van der Waals surface area (Å²) in [7, 11) is 0. The predicted molar refractivity (Wildman–Crippen MR) is 121 cm³/mol. The molecule has 0 aliphatic heterocycles. The fraction of sp³-hybridized carbons (Fsp3) is 0.333. The van der Waals surface area contributed by atoms with E-state index in [1.54, 1.807) is 30.3 Å². The molecule has 2 amide bonds. The molecule has 0 aliphatic carbocycles. The molecule has 2 aromatic rings. The molecule has 2 rings (SSSR count). The highest BCUT2D eigenvalue weighted by Crippen LogP contribution is 2.28. The first-order chi connectivity index (χ1) is 14.2. The Balaban J connectivity index is 1.88. The zero-order valence-corrected chi connectivity index (χ0v) is 19.9. The topological polar surface area (TPSA) is 76.7 Å². The van der Waals surface area contributed by atoms with Crippen molar-refractivity contribution in [1.82, 2.24) is 10.9 Å². The molecule has 9 heteroatoms. The molecule has 162 valence electrons. The molecule has 0 bridgehead atoms. The van der Waals surface area contributed by atoms with Gasteiger partial charge in [-0.1, -0.05) is 37.0 Å². The summed E-state index contributed by atoms with van der Waals surface area (Å²) in [5, 5.41) is 0.742. The number of rotatable bonds is 8. The Morgan fingerprint density at radius 3 is 2.37 bits per heavy atom. The van der Waals surface area contributed by atoms with Crippen molar-refractivity contribution in [2.45, 2.75) is 33.3 Å². The molecule has 0 saturated heterocycles. The summed E-state index contributed by atoms with van der Waals surface area (Å²) in [5.74, 6) is 0.487. The molecule has 0 aromatic heterocycles. The lowest BCUT2D eigenvalue weighted by Gasteiger charge is -2.16. The predicted octanol–water partition coefficient (Wildman–Crippen LogP) is 5.41. The van der Waals surface area contributed by atoms with E-state index in [4.69, 9.17) is 32.7 Å². The van der Waals surface area contributed by atoms with Crippen LogP contribution in [0.25, 0.3) is 0 Å². The molecular weight excluding hydrogens is 495 g/mol. The van der Waals surface area contributed by atoms with Gasteiger partial charge in [-0.25, -0.2) is 0 Å². The third-order valence-corrected chi connectivity index (χ3v) is 5.16. The van der Waals surface area contributed by atoms with E-state index in [9.17, 15) is 9.59 Å². The van der Waals surface area contributed by atoms with Crippen LogP contribution >= 0.6 is 39.1 Å². The van der Waals surface area contributed by atoms with E-state index < -0.39 is 17.9 Å². The van der Waals surface area contributed by atoms with Crippen molar-refractivity contribution < 1.29 is 19.1 Å². The maximum absolute atomic E-state index is 12.3. The van der Waals surface area contributed by atoms with E-state index in [0.717, 1.165) is 6.42 Å². The van der Waals surface area contributed by atoms with Gasteiger partial charge >= 0.3 is 0 Å². The minimum atomic E-state index is -0.896. The third kappa shape index (κ3) is 7.38. The van der Waals surface area contributed by atoms with Crippen molar-refractivity contribution in [3.05, 3.63) is 56.5 Å². The molecule has 1 unspecified atom stereocenters. The molecule has 0 radical (unpaired) electrons. The minimum Gasteiger partial charge on any atom is -0.492 e. The summed E-state index contributed by atoms with van der Waals surface area (Å²) in [6, 6.07) is 9.62. The Labute approximate surface area is 194 Å². The second-order valence-corrected chi connectivity index (χ2v) is 8.65. The third-order valence-electron chi connectivity index (χ3n) is 4.01. The SMILES string of the molecule is CC(C)CCOc1ccc(C(=O)NNC(=O)C(C)Oc2ccc(Cl)cc2Cl)cc1Br. The Morgan fingerprint density at radius 2 is 1.73 bits per heavy atom. The summed E-state index contributed by atoms with van der Waals surface area (Å²) in [4.78, 5) is 24.5. The largest absolute Gasteiger partial charge is 0.492 e. The number of amides is 2. The summed E-state index contributed by atoms with van der Waals surface area (Å²) in [6.07, 6.45) is 0.0369. The second kappa shape index (κ2) is 11.4. The monoisotopic (exact) mass is 516 g/mol. The Hall–Kier alpha value is -1.96. The van der Waals surface area contributed by atoms with Crippen molar-refractivity contribution in [3.8, 4) is 11.5 Å². The number of halogens is 3. The highest BCUT2D eigenvalue weighted by atomic mass is 79.9. The quantitative estimate of drug-likeness (QED) is 0.459. The molecule has 0 fully saturated rings. The second-order valence-electron chi connectivity index (χ2n) is 6.95. The maximum atomic E-state index is 12.3. The van der Waals surface area contributed by atoms with Gasteiger partial charge in [0.1, 0.15) is 11.5 Å². The summed E-state index contributed by atoms with van der Waals surface area (Å²) in [5.41, 5.74) is 5.05. The average Bonchev–Trinajstić information content (AvgIpc) is 2.68. The van der Waals surface area contributed by atoms with Gasteiger partial charge in [0.2, 0.25) is 0 Å². The number of hydrogen-bond acceptors (Lipinski definition) is 4. The van der Waals surface area contributed by atoms with Crippen LogP contribution in [-0.2, 0) is 4.79 Å². The molecule has 0 aliphatic rings. The van der Waals surface area contributed by atoms with Gasteiger partial charge in [-0.3, -0.25) is 20.4 Å². The molecule has 2 aromatic carbocycles. The van der Waals surface area contributed by atoms with E-state index in [1.807, 2.05) is 0 Å². The van der Waals surface area contributed by atoms with Gasteiger partial charge < -0.3 is 9.47 Å². The van der Waals surface area contributed by atoms with Gasteiger partial charge in [0.15, 0.2) is 6.10 Å². The number of nitrogens with one attached hydrogen (secondary N) is 2. The van der Waals surface area contributed by atoms with Gasteiger partial charge in [0.05, 0.1) is 16.1 Å². The van der Waals surface area contributed by atoms with Crippen LogP contribution in [0.15, 0.2) is 40.9 Å². The number of ether oxygens (including phenoxy) is 2. The van der Waals surface area contributed by atoms with Gasteiger partial charge in [0, 0.05) is 10.6 Å². The lowest BCUT2D eigenvalue weighted by Crippen LogP contribution is -2.47. The maximum Gasteiger partial charge on any atom is 0.279 e. The first-order valence-electron chi connectivity index (χ1n) is 9.31. The van der Waals surface area contributed by atoms with Crippen molar-refractivity contribution in [3.63, 3.8) is 0 Å². The van der Waals surface area contributed by atoms with Crippen LogP contribution in [0.4, 0.5) is 0 Å². The number of hydrazine groups is 1. The van der Waals surface area contributed by atoms with Crippen LogP contribution in [0, 0.1) is 5.92 Å². The molecule has 6 nitrogen and oxygen atoms in total. The van der Waals surface area contributed by atoms with E-state index in [0.29, 0.717) is 39.1 Å². The van der Waals surface area contributed by atoms with E-state index in [-0.39, 0.29) is 5.02 Å². The van der Waals surface area contributed by atoms with Crippen LogP contribution in [-0.4, -0.2) is 24.5 Å². The summed E-state index contributed by atoms with van der Waals surface area (Å²) in [6.45, 7) is 6.37. The molecule has 1 atom stereocenters. The molecular formula is C21H23BrCl2N2O4. The average molecular weight is 518 g/mol. The lowest BCUT2D eigenvalue weighted by molar-refractivity contribution is -0.128. The first-order valence-corrected chi connectivity index (χ1v) is 10.9. The lowest BCUT2D eigenvalue weighted by atomic mass is 10.1. The van der Waals surface area contributed by atoms with Gasteiger partial charge in [0.25, 0.3) is 11.8 Å². The van der Waals surface area contributed by atoms with Crippen molar-refractivity contribution in [2.75, 3.05) is 6.61 Å². The molecule has 0 saturated carbocycles. The fourth-order valence-electron chi connectivity index (χ4n) is 2.27.